The van der Waals surface area contributed by atoms with Crippen LogP contribution in [0.3, 0.4) is 0 Å². The number of hydrogen-bond donors (Lipinski definition) is 0. The van der Waals surface area contributed by atoms with Crippen molar-refractivity contribution in [1.29, 1.82) is 0 Å². The average Bonchev–Trinajstić information content (AvgIpc) is 2.40. The van der Waals surface area contributed by atoms with Crippen molar-refractivity contribution in [3.63, 3.8) is 0 Å². The summed E-state index contributed by atoms with van der Waals surface area (Å²) in [5, 5.41) is 10.6. The van der Waals surface area contributed by atoms with Crippen LogP contribution in [-0.2, 0) is 4.79 Å². The lowest BCUT2D eigenvalue weighted by Gasteiger charge is -2.16. The smallest absolute Gasteiger partial charge is 0.270 e. The number of rotatable bonds is 1. The Morgan fingerprint density at radius 2 is 2.25 bits per heavy atom. The Hall–Kier alpha value is -2.24. The first-order valence-electron chi connectivity index (χ1n) is 4.64. The molecule has 0 aromatic heterocycles. The molecule has 0 saturated carbocycles. The van der Waals surface area contributed by atoms with E-state index < -0.39 is 4.92 Å². The molecule has 0 atom stereocenters. The summed E-state index contributed by atoms with van der Waals surface area (Å²) < 4.78 is 0. The van der Waals surface area contributed by atoms with E-state index in [4.69, 9.17) is 0 Å². The third-order valence-corrected chi connectivity index (χ3v) is 2.41. The SMILES string of the molecule is CN1C(=O)CN=Cc2cc([N+](=O)[O-])ccc21. The zero-order chi connectivity index (χ0) is 11.7. The number of likely N-dealkylation sites (N-methyl/N-ethyl adjacent to an activating group) is 1. The van der Waals surface area contributed by atoms with Crippen LogP contribution in [0.1, 0.15) is 5.56 Å². The van der Waals surface area contributed by atoms with Gasteiger partial charge in [0, 0.05) is 31.0 Å². The van der Waals surface area contributed by atoms with Crippen molar-refractivity contribution in [2.75, 3.05) is 18.5 Å². The summed E-state index contributed by atoms with van der Waals surface area (Å²) in [6, 6.07) is 4.35. The Labute approximate surface area is 91.4 Å². The van der Waals surface area contributed by atoms with Gasteiger partial charge in [-0.15, -0.1) is 0 Å². The molecule has 0 aliphatic carbocycles. The van der Waals surface area contributed by atoms with Gasteiger partial charge in [0.1, 0.15) is 6.54 Å². The molecular formula is C10H9N3O3. The first-order valence-corrected chi connectivity index (χ1v) is 4.64. The second-order valence-corrected chi connectivity index (χ2v) is 3.42. The predicted molar refractivity (Wildman–Crippen MR) is 59.0 cm³/mol. The van der Waals surface area contributed by atoms with Crippen LogP contribution < -0.4 is 4.90 Å². The molecule has 1 aliphatic rings. The highest BCUT2D eigenvalue weighted by molar-refractivity contribution is 6.03. The third-order valence-electron chi connectivity index (χ3n) is 2.41. The lowest BCUT2D eigenvalue weighted by Crippen LogP contribution is -2.27. The van der Waals surface area contributed by atoms with E-state index in [2.05, 4.69) is 4.99 Å². The van der Waals surface area contributed by atoms with Gasteiger partial charge in [0.25, 0.3) is 5.69 Å². The van der Waals surface area contributed by atoms with Crippen molar-refractivity contribution in [2.24, 2.45) is 4.99 Å². The van der Waals surface area contributed by atoms with Crippen LogP contribution >= 0.6 is 0 Å². The number of aliphatic imine (C=N–C) groups is 1. The minimum atomic E-state index is -0.471. The minimum absolute atomic E-state index is 0.00653. The molecule has 2 rings (SSSR count). The van der Waals surface area contributed by atoms with E-state index in [1.54, 1.807) is 13.1 Å². The number of non-ortho nitro benzene ring substituents is 1. The fourth-order valence-corrected chi connectivity index (χ4v) is 1.53. The molecular weight excluding hydrogens is 210 g/mol. The van der Waals surface area contributed by atoms with Crippen LogP contribution in [0.15, 0.2) is 23.2 Å². The normalized spacial score (nSPS) is 14.6. The number of hydrogen-bond acceptors (Lipinski definition) is 4. The predicted octanol–water partition coefficient (Wildman–Crippen LogP) is 0.990. The number of amides is 1. The molecule has 16 heavy (non-hydrogen) atoms. The highest BCUT2D eigenvalue weighted by Crippen LogP contribution is 2.24. The number of fused-ring (bicyclic) bond motifs is 1. The fourth-order valence-electron chi connectivity index (χ4n) is 1.53. The van der Waals surface area contributed by atoms with E-state index in [9.17, 15) is 14.9 Å². The molecule has 1 amide bonds. The number of nitro benzene ring substituents is 1. The van der Waals surface area contributed by atoms with Crippen molar-refractivity contribution in [2.45, 2.75) is 0 Å². The van der Waals surface area contributed by atoms with Gasteiger partial charge in [-0.3, -0.25) is 19.9 Å². The Kier molecular flexibility index (Phi) is 2.40. The number of nitrogens with zero attached hydrogens (tertiary/aromatic N) is 3. The fraction of sp³-hybridized carbons (Fsp3) is 0.200. The number of benzene rings is 1. The van der Waals surface area contributed by atoms with Gasteiger partial charge in [0.05, 0.1) is 10.6 Å². The minimum Gasteiger partial charge on any atom is -0.313 e. The lowest BCUT2D eigenvalue weighted by molar-refractivity contribution is -0.384. The van der Waals surface area contributed by atoms with Crippen LogP contribution in [-0.4, -0.2) is 30.6 Å². The molecule has 0 saturated heterocycles. The lowest BCUT2D eigenvalue weighted by atomic mass is 10.1. The van der Waals surface area contributed by atoms with Crippen molar-refractivity contribution in [3.05, 3.63) is 33.9 Å². The van der Waals surface area contributed by atoms with Crippen molar-refractivity contribution in [1.82, 2.24) is 0 Å². The van der Waals surface area contributed by atoms with Gasteiger partial charge in [-0.1, -0.05) is 0 Å². The maximum Gasteiger partial charge on any atom is 0.270 e. The van der Waals surface area contributed by atoms with Gasteiger partial charge < -0.3 is 4.90 Å². The largest absolute Gasteiger partial charge is 0.313 e. The van der Waals surface area contributed by atoms with Gasteiger partial charge in [-0.25, -0.2) is 0 Å². The highest BCUT2D eigenvalue weighted by atomic mass is 16.6. The second-order valence-electron chi connectivity index (χ2n) is 3.42. The summed E-state index contributed by atoms with van der Waals surface area (Å²) in [4.78, 5) is 27.0. The first-order chi connectivity index (χ1) is 7.59. The maximum atomic E-state index is 11.5. The van der Waals surface area contributed by atoms with Crippen LogP contribution in [0.25, 0.3) is 0 Å². The van der Waals surface area contributed by atoms with E-state index in [0.29, 0.717) is 11.3 Å². The monoisotopic (exact) mass is 219 g/mol. The molecule has 0 N–H and O–H groups in total. The molecule has 1 aromatic carbocycles. The number of carbonyl (C=O) groups excluding carboxylic acids is 1. The van der Waals surface area contributed by atoms with Gasteiger partial charge in [0.15, 0.2) is 0 Å². The van der Waals surface area contributed by atoms with Crippen molar-refractivity contribution >= 4 is 23.5 Å². The molecule has 0 spiro atoms. The van der Waals surface area contributed by atoms with Gasteiger partial charge >= 0.3 is 0 Å². The van der Waals surface area contributed by atoms with E-state index in [-0.39, 0.29) is 18.1 Å². The van der Waals surface area contributed by atoms with Gasteiger partial charge in [-0.05, 0) is 6.07 Å². The summed E-state index contributed by atoms with van der Waals surface area (Å²) in [6.45, 7) is 0.0684. The molecule has 6 heteroatoms. The molecule has 6 nitrogen and oxygen atoms in total. The topological polar surface area (TPSA) is 75.8 Å². The van der Waals surface area contributed by atoms with Crippen LogP contribution in [0, 0.1) is 10.1 Å². The summed E-state index contributed by atoms with van der Waals surface area (Å²) >= 11 is 0. The summed E-state index contributed by atoms with van der Waals surface area (Å²) in [7, 11) is 1.63. The summed E-state index contributed by atoms with van der Waals surface area (Å²) in [5.74, 6) is -0.135. The summed E-state index contributed by atoms with van der Waals surface area (Å²) in [5.41, 5.74) is 1.22. The molecule has 82 valence electrons. The van der Waals surface area contributed by atoms with Gasteiger partial charge in [0.2, 0.25) is 5.91 Å². The van der Waals surface area contributed by atoms with Crippen LogP contribution in [0.5, 0.6) is 0 Å². The van der Waals surface area contributed by atoms with Crippen LogP contribution in [0.4, 0.5) is 11.4 Å². The van der Waals surface area contributed by atoms with E-state index in [1.165, 1.54) is 23.2 Å². The van der Waals surface area contributed by atoms with Crippen molar-refractivity contribution < 1.29 is 9.72 Å². The zero-order valence-corrected chi connectivity index (χ0v) is 8.58. The average molecular weight is 219 g/mol. The zero-order valence-electron chi connectivity index (χ0n) is 8.58. The highest BCUT2D eigenvalue weighted by Gasteiger charge is 2.18. The number of carbonyl (C=O) groups is 1. The Bertz CT molecular complexity index is 496. The van der Waals surface area contributed by atoms with Crippen molar-refractivity contribution in [3.8, 4) is 0 Å². The number of benzodiazepines with no additional fused rings is 1. The standard InChI is InChI=1S/C10H9N3O3/c1-12-9-3-2-8(13(15)16)4-7(9)5-11-6-10(12)14/h2-5H,6H2,1H3. The third kappa shape index (κ3) is 1.65. The molecule has 0 bridgehead atoms. The molecule has 1 heterocycles. The van der Waals surface area contributed by atoms with E-state index >= 15 is 0 Å². The van der Waals surface area contributed by atoms with E-state index in [0.717, 1.165) is 0 Å². The molecule has 0 fully saturated rings. The Balaban J connectivity index is 2.54. The van der Waals surface area contributed by atoms with E-state index in [1.807, 2.05) is 0 Å². The quantitative estimate of drug-likeness (QED) is 0.522. The molecule has 1 aliphatic heterocycles. The van der Waals surface area contributed by atoms with Gasteiger partial charge in [-0.2, -0.15) is 0 Å². The number of anilines is 1. The molecule has 0 radical (unpaired) electrons. The van der Waals surface area contributed by atoms with Crippen LogP contribution in [0.2, 0.25) is 0 Å². The Morgan fingerprint density at radius 1 is 1.50 bits per heavy atom. The Morgan fingerprint density at radius 3 is 2.94 bits per heavy atom. The maximum absolute atomic E-state index is 11.5. The second kappa shape index (κ2) is 3.73. The summed E-state index contributed by atoms with van der Waals surface area (Å²) in [6.07, 6.45) is 1.49. The molecule has 0 unspecified atom stereocenters. The molecule has 1 aromatic rings. The number of nitro groups is 1. The first kappa shape index (κ1) is 10.3.